The van der Waals surface area contributed by atoms with Crippen LogP contribution in [0.5, 0.6) is 0 Å². The van der Waals surface area contributed by atoms with Crippen molar-refractivity contribution in [3.63, 3.8) is 0 Å². The highest BCUT2D eigenvalue weighted by Gasteiger charge is 2.41. The Morgan fingerprint density at radius 1 is 1.47 bits per heavy atom. The number of nitrogens with zero attached hydrogens (tertiary/aromatic N) is 3. The second-order valence-electron chi connectivity index (χ2n) is 5.27. The molecule has 1 aromatic rings. The highest BCUT2D eigenvalue weighted by Crippen LogP contribution is 2.32. The third-order valence-corrected chi connectivity index (χ3v) is 3.75. The van der Waals surface area contributed by atoms with Crippen molar-refractivity contribution in [3.05, 3.63) is 18.7 Å². The lowest BCUT2D eigenvalue weighted by Crippen LogP contribution is -2.35. The molecule has 6 heteroatoms. The Bertz CT molecular complexity index is 467. The van der Waals surface area contributed by atoms with Gasteiger partial charge in [0.05, 0.1) is 12.2 Å². The molecule has 1 saturated carbocycles. The quantitative estimate of drug-likeness (QED) is 0.813. The summed E-state index contributed by atoms with van der Waals surface area (Å²) in [5, 5.41) is 2.90. The molecule has 2 fully saturated rings. The Hall–Kier alpha value is -1.85. The van der Waals surface area contributed by atoms with Crippen LogP contribution < -0.4 is 5.32 Å². The first-order valence-electron chi connectivity index (χ1n) is 6.77. The van der Waals surface area contributed by atoms with Crippen LogP contribution in [0.15, 0.2) is 18.7 Å². The second-order valence-corrected chi connectivity index (χ2v) is 5.27. The first-order chi connectivity index (χ1) is 9.24. The van der Waals surface area contributed by atoms with E-state index in [9.17, 15) is 9.59 Å². The zero-order chi connectivity index (χ0) is 13.2. The number of likely N-dealkylation sites (tertiary alicyclic amines) is 1. The van der Waals surface area contributed by atoms with Gasteiger partial charge in [-0.25, -0.2) is 4.98 Å². The molecular weight excluding hydrogens is 244 g/mol. The Balaban J connectivity index is 1.44. The minimum absolute atomic E-state index is 0.00313. The average molecular weight is 262 g/mol. The average Bonchev–Trinajstić information content (AvgIpc) is 2.96. The fourth-order valence-electron chi connectivity index (χ4n) is 2.52. The number of rotatable bonds is 5. The number of amides is 2. The normalized spacial score (nSPS) is 22.8. The molecule has 1 aliphatic heterocycles. The minimum atomic E-state index is -0.170. The zero-order valence-corrected chi connectivity index (χ0v) is 10.8. The van der Waals surface area contributed by atoms with Crippen molar-refractivity contribution in [2.75, 3.05) is 13.1 Å². The van der Waals surface area contributed by atoms with Gasteiger partial charge in [0, 0.05) is 44.5 Å². The third kappa shape index (κ3) is 2.77. The Morgan fingerprint density at radius 2 is 2.32 bits per heavy atom. The lowest BCUT2D eigenvalue weighted by molar-refractivity contribution is -0.129. The minimum Gasteiger partial charge on any atom is -0.354 e. The van der Waals surface area contributed by atoms with Gasteiger partial charge in [-0.1, -0.05) is 0 Å². The molecule has 3 rings (SSSR count). The summed E-state index contributed by atoms with van der Waals surface area (Å²) in [7, 11) is 0. The molecule has 19 heavy (non-hydrogen) atoms. The Morgan fingerprint density at radius 3 is 3.00 bits per heavy atom. The van der Waals surface area contributed by atoms with E-state index in [1.54, 1.807) is 12.5 Å². The number of carbonyl (C=O) groups is 2. The summed E-state index contributed by atoms with van der Waals surface area (Å²) >= 11 is 0. The van der Waals surface area contributed by atoms with Crippen LogP contribution in [0, 0.1) is 5.92 Å². The highest BCUT2D eigenvalue weighted by molar-refractivity contribution is 5.89. The SMILES string of the molecule is O=C(NCCn1ccnc1)[C@@H]1CC(=O)N(C2CC2)C1. The number of carbonyl (C=O) groups excluding carboxylic acids is 2. The summed E-state index contributed by atoms with van der Waals surface area (Å²) in [5.41, 5.74) is 0. The van der Waals surface area contributed by atoms with E-state index in [0.29, 0.717) is 32.1 Å². The van der Waals surface area contributed by atoms with Gasteiger partial charge in [0.1, 0.15) is 0 Å². The maximum atomic E-state index is 12.0. The van der Waals surface area contributed by atoms with Gasteiger partial charge in [-0.05, 0) is 12.8 Å². The topological polar surface area (TPSA) is 67.2 Å². The highest BCUT2D eigenvalue weighted by atomic mass is 16.2. The van der Waals surface area contributed by atoms with Gasteiger partial charge >= 0.3 is 0 Å². The molecule has 0 aromatic carbocycles. The summed E-state index contributed by atoms with van der Waals surface area (Å²) in [4.78, 5) is 29.6. The van der Waals surface area contributed by atoms with E-state index >= 15 is 0 Å². The summed E-state index contributed by atoms with van der Waals surface area (Å²) < 4.78 is 1.91. The van der Waals surface area contributed by atoms with Gasteiger partial charge in [-0.3, -0.25) is 9.59 Å². The van der Waals surface area contributed by atoms with Crippen molar-refractivity contribution >= 4 is 11.8 Å². The molecule has 1 aliphatic carbocycles. The van der Waals surface area contributed by atoms with Crippen LogP contribution in [0.25, 0.3) is 0 Å². The molecule has 0 radical (unpaired) electrons. The van der Waals surface area contributed by atoms with E-state index in [4.69, 9.17) is 0 Å². The van der Waals surface area contributed by atoms with Gasteiger partial charge < -0.3 is 14.8 Å². The maximum absolute atomic E-state index is 12.0. The van der Waals surface area contributed by atoms with Crippen LogP contribution in [-0.2, 0) is 16.1 Å². The number of hydrogen-bond donors (Lipinski definition) is 1. The van der Waals surface area contributed by atoms with E-state index in [1.165, 1.54) is 0 Å². The molecule has 2 aliphatic rings. The molecule has 6 nitrogen and oxygen atoms in total. The lowest BCUT2D eigenvalue weighted by atomic mass is 10.1. The molecule has 0 spiro atoms. The van der Waals surface area contributed by atoms with Gasteiger partial charge in [-0.2, -0.15) is 0 Å². The molecule has 102 valence electrons. The van der Waals surface area contributed by atoms with Crippen molar-refractivity contribution in [1.82, 2.24) is 19.8 Å². The number of hydrogen-bond acceptors (Lipinski definition) is 3. The van der Waals surface area contributed by atoms with Gasteiger partial charge in [0.2, 0.25) is 11.8 Å². The summed E-state index contributed by atoms with van der Waals surface area (Å²) in [6.45, 7) is 1.88. The third-order valence-electron chi connectivity index (χ3n) is 3.75. The molecule has 1 aromatic heterocycles. The molecule has 0 bridgehead atoms. The lowest BCUT2D eigenvalue weighted by Gasteiger charge is -2.15. The molecule has 1 N–H and O–H groups in total. The van der Waals surface area contributed by atoms with Crippen molar-refractivity contribution in [1.29, 1.82) is 0 Å². The van der Waals surface area contributed by atoms with Crippen molar-refractivity contribution in [3.8, 4) is 0 Å². The van der Waals surface area contributed by atoms with E-state index < -0.39 is 0 Å². The van der Waals surface area contributed by atoms with Crippen molar-refractivity contribution in [2.45, 2.75) is 31.8 Å². The molecule has 0 unspecified atom stereocenters. The van der Waals surface area contributed by atoms with Crippen LogP contribution in [0.2, 0.25) is 0 Å². The molecule has 2 amide bonds. The number of imidazole rings is 1. The van der Waals surface area contributed by atoms with E-state index in [1.807, 2.05) is 15.7 Å². The monoisotopic (exact) mass is 262 g/mol. The van der Waals surface area contributed by atoms with Gasteiger partial charge in [0.15, 0.2) is 0 Å². The van der Waals surface area contributed by atoms with Crippen LogP contribution >= 0.6 is 0 Å². The predicted octanol–water partition coefficient (Wildman–Crippen LogP) is 0.0102. The van der Waals surface area contributed by atoms with Crippen molar-refractivity contribution < 1.29 is 9.59 Å². The second kappa shape index (κ2) is 5.03. The van der Waals surface area contributed by atoms with Crippen LogP contribution in [0.3, 0.4) is 0 Å². The molecule has 1 saturated heterocycles. The summed E-state index contributed by atoms with van der Waals surface area (Å²) in [6.07, 6.45) is 7.86. The first kappa shape index (κ1) is 12.2. The van der Waals surface area contributed by atoms with E-state index in [-0.39, 0.29) is 17.7 Å². The zero-order valence-electron chi connectivity index (χ0n) is 10.8. The summed E-state index contributed by atoms with van der Waals surface area (Å²) in [5.74, 6) is -0.0373. The summed E-state index contributed by atoms with van der Waals surface area (Å²) in [6, 6.07) is 0.413. The molecule has 2 heterocycles. The fraction of sp³-hybridized carbons (Fsp3) is 0.615. The van der Waals surface area contributed by atoms with Crippen LogP contribution in [0.1, 0.15) is 19.3 Å². The smallest absolute Gasteiger partial charge is 0.225 e. The first-order valence-corrected chi connectivity index (χ1v) is 6.77. The molecular formula is C13H18N4O2. The predicted molar refractivity (Wildman–Crippen MR) is 68.1 cm³/mol. The van der Waals surface area contributed by atoms with Crippen LogP contribution in [0.4, 0.5) is 0 Å². The van der Waals surface area contributed by atoms with E-state index in [2.05, 4.69) is 10.3 Å². The standard InChI is InChI=1S/C13H18N4O2/c18-12-7-10(8-17(12)11-1-2-11)13(19)15-4-6-16-5-3-14-9-16/h3,5,9-11H,1-2,4,6-8H2,(H,15,19)/t10-/m1/s1. The Labute approximate surface area is 111 Å². The van der Waals surface area contributed by atoms with Gasteiger partial charge in [0.25, 0.3) is 0 Å². The van der Waals surface area contributed by atoms with Gasteiger partial charge in [-0.15, -0.1) is 0 Å². The Kier molecular flexibility index (Phi) is 3.23. The van der Waals surface area contributed by atoms with Crippen molar-refractivity contribution in [2.24, 2.45) is 5.92 Å². The largest absolute Gasteiger partial charge is 0.354 e. The molecule has 1 atom stereocenters. The van der Waals surface area contributed by atoms with Crippen LogP contribution in [-0.4, -0.2) is 45.4 Å². The maximum Gasteiger partial charge on any atom is 0.225 e. The number of aromatic nitrogens is 2. The fourth-order valence-corrected chi connectivity index (χ4v) is 2.52. The number of nitrogens with one attached hydrogen (secondary N) is 1. The van der Waals surface area contributed by atoms with E-state index in [0.717, 1.165) is 12.8 Å².